The first-order valence-corrected chi connectivity index (χ1v) is 11.5. The predicted molar refractivity (Wildman–Crippen MR) is 139 cm³/mol. The van der Waals surface area contributed by atoms with Crippen LogP contribution >= 0.6 is 25.3 Å². The van der Waals surface area contributed by atoms with Gasteiger partial charge in [0.1, 0.15) is 0 Å². The van der Waals surface area contributed by atoms with Gasteiger partial charge < -0.3 is 0 Å². The van der Waals surface area contributed by atoms with Gasteiger partial charge in [-0.3, -0.25) is 0 Å². The monoisotopic (exact) mass is 420 g/mol. The molecule has 144 valence electrons. The Bertz CT molecular complexity index is 1490. The van der Waals surface area contributed by atoms with E-state index in [4.69, 9.17) is 0 Å². The molecule has 6 rings (SSSR count). The molecule has 2 heteroatoms. The second-order valence-electron chi connectivity index (χ2n) is 7.98. The molecular weight excluding hydrogens is 400 g/mol. The molecule has 0 saturated heterocycles. The van der Waals surface area contributed by atoms with Crippen molar-refractivity contribution in [3.8, 4) is 0 Å². The van der Waals surface area contributed by atoms with Crippen LogP contribution in [0, 0.1) is 0 Å². The SMILES string of the molecule is SCc1ccc2ccc3ccc4c(ccc5ccc6ccc(CS)cc6c54)c3c2c1. The lowest BCUT2D eigenvalue weighted by Gasteiger charge is -2.13. The predicted octanol–water partition coefficient (Wildman–Crippen LogP) is 8.31. The van der Waals surface area contributed by atoms with Crippen molar-refractivity contribution in [2.75, 3.05) is 0 Å². The Kier molecular flexibility index (Phi) is 4.19. The Labute approximate surface area is 186 Å². The number of benzene rings is 6. The van der Waals surface area contributed by atoms with Gasteiger partial charge in [0.25, 0.3) is 0 Å². The van der Waals surface area contributed by atoms with Crippen LogP contribution in [0.15, 0.2) is 84.9 Å². The number of hydrogen-bond donors (Lipinski definition) is 2. The van der Waals surface area contributed by atoms with Gasteiger partial charge in [-0.15, -0.1) is 0 Å². The summed E-state index contributed by atoms with van der Waals surface area (Å²) >= 11 is 9.01. The molecule has 0 spiro atoms. The zero-order chi connectivity index (χ0) is 20.2. The van der Waals surface area contributed by atoms with Gasteiger partial charge in [0.05, 0.1) is 0 Å². The average molecular weight is 421 g/mol. The smallest absolute Gasteiger partial charge is 0.0154 e. The summed E-state index contributed by atoms with van der Waals surface area (Å²) in [6.07, 6.45) is 0. The molecule has 6 aromatic carbocycles. The van der Waals surface area contributed by atoms with Crippen molar-refractivity contribution >= 4 is 79.1 Å². The molecule has 0 radical (unpaired) electrons. The van der Waals surface area contributed by atoms with E-state index < -0.39 is 0 Å². The zero-order valence-corrected chi connectivity index (χ0v) is 18.2. The van der Waals surface area contributed by atoms with E-state index in [1.807, 2.05) is 0 Å². The summed E-state index contributed by atoms with van der Waals surface area (Å²) in [6, 6.07) is 31.4. The van der Waals surface area contributed by atoms with Crippen molar-refractivity contribution in [2.45, 2.75) is 11.5 Å². The van der Waals surface area contributed by atoms with Crippen molar-refractivity contribution in [1.82, 2.24) is 0 Å². The lowest BCUT2D eigenvalue weighted by Crippen LogP contribution is -1.87. The first-order chi connectivity index (χ1) is 14.8. The molecule has 0 aliphatic rings. The van der Waals surface area contributed by atoms with Crippen LogP contribution in [0.3, 0.4) is 0 Å². The molecule has 0 aromatic heterocycles. The first-order valence-electron chi connectivity index (χ1n) is 10.2. The molecule has 0 heterocycles. The van der Waals surface area contributed by atoms with Gasteiger partial charge in [0, 0.05) is 11.5 Å². The van der Waals surface area contributed by atoms with Crippen LogP contribution in [-0.2, 0) is 11.5 Å². The Morgan fingerprint density at radius 2 is 0.767 bits per heavy atom. The van der Waals surface area contributed by atoms with E-state index in [1.54, 1.807) is 0 Å². The van der Waals surface area contributed by atoms with Gasteiger partial charge in [0.2, 0.25) is 0 Å². The van der Waals surface area contributed by atoms with E-state index in [0.717, 1.165) is 11.5 Å². The van der Waals surface area contributed by atoms with E-state index in [2.05, 4.69) is 110 Å². The largest absolute Gasteiger partial charge is 0.175 e. The lowest BCUT2D eigenvalue weighted by atomic mass is 9.91. The maximum absolute atomic E-state index is 4.50. The molecule has 0 bridgehead atoms. The summed E-state index contributed by atoms with van der Waals surface area (Å²) in [5, 5.41) is 13.0. The number of rotatable bonds is 2. The molecule has 0 aliphatic heterocycles. The zero-order valence-electron chi connectivity index (χ0n) is 16.4. The molecule has 0 amide bonds. The van der Waals surface area contributed by atoms with Crippen LogP contribution in [-0.4, -0.2) is 0 Å². The molecular formula is C28H20S2. The van der Waals surface area contributed by atoms with Gasteiger partial charge in [-0.25, -0.2) is 0 Å². The molecule has 0 atom stereocenters. The molecule has 0 N–H and O–H groups in total. The highest BCUT2D eigenvalue weighted by Gasteiger charge is 2.11. The minimum atomic E-state index is 0.747. The van der Waals surface area contributed by atoms with Crippen molar-refractivity contribution in [3.05, 3.63) is 96.1 Å². The summed E-state index contributed by atoms with van der Waals surface area (Å²) in [7, 11) is 0. The van der Waals surface area contributed by atoms with E-state index >= 15 is 0 Å². The topological polar surface area (TPSA) is 0 Å². The summed E-state index contributed by atoms with van der Waals surface area (Å²) in [4.78, 5) is 0. The van der Waals surface area contributed by atoms with Gasteiger partial charge in [0.15, 0.2) is 0 Å². The van der Waals surface area contributed by atoms with Gasteiger partial charge in [-0.05, 0) is 77.1 Å². The van der Waals surface area contributed by atoms with Crippen molar-refractivity contribution in [1.29, 1.82) is 0 Å². The molecule has 0 aliphatic carbocycles. The Morgan fingerprint density at radius 1 is 0.400 bits per heavy atom. The van der Waals surface area contributed by atoms with E-state index in [9.17, 15) is 0 Å². The summed E-state index contributed by atoms with van der Waals surface area (Å²) in [5.74, 6) is 1.49. The van der Waals surface area contributed by atoms with Crippen molar-refractivity contribution in [2.24, 2.45) is 0 Å². The van der Waals surface area contributed by atoms with Crippen LogP contribution in [0.4, 0.5) is 0 Å². The van der Waals surface area contributed by atoms with Crippen LogP contribution in [0.25, 0.3) is 53.9 Å². The highest BCUT2D eigenvalue weighted by atomic mass is 32.1. The first kappa shape index (κ1) is 18.1. The second-order valence-corrected chi connectivity index (χ2v) is 8.61. The third kappa shape index (κ3) is 2.64. The minimum absolute atomic E-state index is 0.747. The normalized spacial score (nSPS) is 11.9. The molecule has 6 aromatic rings. The highest BCUT2D eigenvalue weighted by molar-refractivity contribution is 7.79. The maximum atomic E-state index is 4.50. The summed E-state index contributed by atoms with van der Waals surface area (Å²) < 4.78 is 0. The van der Waals surface area contributed by atoms with Crippen LogP contribution in [0.5, 0.6) is 0 Å². The van der Waals surface area contributed by atoms with Gasteiger partial charge in [-0.1, -0.05) is 72.8 Å². The molecule has 0 unspecified atom stereocenters. The summed E-state index contributed by atoms with van der Waals surface area (Å²) in [5.41, 5.74) is 2.50. The van der Waals surface area contributed by atoms with Crippen molar-refractivity contribution in [3.63, 3.8) is 0 Å². The van der Waals surface area contributed by atoms with Gasteiger partial charge >= 0.3 is 0 Å². The Hall–Kier alpha value is -2.68. The van der Waals surface area contributed by atoms with E-state index in [0.29, 0.717) is 0 Å². The highest BCUT2D eigenvalue weighted by Crippen LogP contribution is 2.38. The summed E-state index contributed by atoms with van der Waals surface area (Å²) in [6.45, 7) is 0. The number of hydrogen-bond acceptors (Lipinski definition) is 2. The lowest BCUT2D eigenvalue weighted by molar-refractivity contribution is 1.46. The maximum Gasteiger partial charge on any atom is 0.0154 e. The number of thiol groups is 2. The van der Waals surface area contributed by atoms with E-state index in [-0.39, 0.29) is 0 Å². The van der Waals surface area contributed by atoms with Crippen LogP contribution in [0.1, 0.15) is 11.1 Å². The fourth-order valence-corrected chi connectivity index (χ4v) is 5.20. The molecule has 0 nitrogen and oxygen atoms in total. The van der Waals surface area contributed by atoms with E-state index in [1.165, 1.54) is 65.0 Å². The third-order valence-electron chi connectivity index (χ3n) is 6.29. The Balaban J connectivity index is 1.85. The molecule has 0 saturated carbocycles. The molecule has 30 heavy (non-hydrogen) atoms. The quantitative estimate of drug-likeness (QED) is 0.204. The number of fused-ring (bicyclic) bond motifs is 9. The standard InChI is InChI=1S/C28H20S2/c29-15-17-1-3-19-5-7-21-9-12-24-23(27(21)25(19)13-17)11-10-22-8-6-20-4-2-18(16-30)14-26(20)28(22)24/h1-14,29-30H,15-16H2. The second kappa shape index (κ2) is 6.94. The fourth-order valence-electron chi connectivity index (χ4n) is 4.80. The third-order valence-corrected chi connectivity index (χ3v) is 7.02. The van der Waals surface area contributed by atoms with Crippen LogP contribution < -0.4 is 0 Å². The minimum Gasteiger partial charge on any atom is -0.175 e. The average Bonchev–Trinajstić information content (AvgIpc) is 2.82. The molecule has 0 fully saturated rings. The fraction of sp³-hybridized carbons (Fsp3) is 0.0714. The Morgan fingerprint density at radius 3 is 1.20 bits per heavy atom. The van der Waals surface area contributed by atoms with Crippen molar-refractivity contribution < 1.29 is 0 Å². The van der Waals surface area contributed by atoms with Crippen LogP contribution in [0.2, 0.25) is 0 Å². The van der Waals surface area contributed by atoms with Gasteiger partial charge in [-0.2, -0.15) is 25.3 Å².